The lowest BCUT2D eigenvalue weighted by Crippen LogP contribution is -2.41. The van der Waals surface area contributed by atoms with Crippen LogP contribution in [0.4, 0.5) is 0 Å². The number of methoxy groups -OCH3 is 1. The molecule has 206 valence electrons. The smallest absolute Gasteiger partial charge is 0.204 e. The van der Waals surface area contributed by atoms with E-state index in [1.165, 1.54) is 27.8 Å². The van der Waals surface area contributed by atoms with E-state index in [9.17, 15) is 5.11 Å². The van der Waals surface area contributed by atoms with Gasteiger partial charge in [-0.2, -0.15) is 0 Å². The van der Waals surface area contributed by atoms with E-state index in [-0.39, 0.29) is 24.0 Å². The molecule has 0 aliphatic heterocycles. The number of hydrogen-bond donors (Lipinski definition) is 1. The summed E-state index contributed by atoms with van der Waals surface area (Å²) in [7, 11) is 2.26. The first-order valence-corrected chi connectivity index (χ1v) is 14.5. The summed E-state index contributed by atoms with van der Waals surface area (Å²) in [5, 5.41) is 11.6. The summed E-state index contributed by atoms with van der Waals surface area (Å²) < 4.78 is 17.2. The number of aliphatic hydroxyl groups is 1. The van der Waals surface area contributed by atoms with E-state index in [0.717, 1.165) is 16.9 Å². The van der Waals surface area contributed by atoms with Gasteiger partial charge in [0, 0.05) is 18.1 Å². The minimum atomic E-state index is -0.825. The van der Waals surface area contributed by atoms with Crippen LogP contribution in [0, 0.1) is 25.7 Å². The summed E-state index contributed by atoms with van der Waals surface area (Å²) in [5.74, 6) is 2.56. The summed E-state index contributed by atoms with van der Waals surface area (Å²) in [5.41, 5.74) is 7.65. The Kier molecular flexibility index (Phi) is 9.85. The van der Waals surface area contributed by atoms with E-state index in [1.807, 2.05) is 36.4 Å². The molecule has 0 amide bonds. The van der Waals surface area contributed by atoms with Crippen LogP contribution in [0.15, 0.2) is 54.6 Å². The van der Waals surface area contributed by atoms with Gasteiger partial charge in [0.1, 0.15) is 17.6 Å². The number of ether oxygens (including phenoxy) is 2. The first-order chi connectivity index (χ1) is 18.0. The zero-order valence-electron chi connectivity index (χ0n) is 24.9. The molecule has 38 heavy (non-hydrogen) atoms. The van der Waals surface area contributed by atoms with Crippen LogP contribution in [0.5, 0.6) is 11.5 Å². The molecule has 0 bridgehead atoms. The first kappa shape index (κ1) is 29.9. The second kappa shape index (κ2) is 12.5. The third-order valence-corrected chi connectivity index (χ3v) is 8.49. The van der Waals surface area contributed by atoms with E-state index >= 15 is 0 Å². The minimum absolute atomic E-state index is 0.116. The lowest BCUT2D eigenvalue weighted by atomic mass is 9.58. The fourth-order valence-electron chi connectivity index (χ4n) is 6.63. The standard InChI is InChI=1S/C33H46O4Si/c1-20(2)30-24(8)31(23(7)17-29(30)37-38)33(21(3)4,22(5)6)26-15-16-28(36-19-35-9)27(18-26)32(34)25-13-11-10-12-14-25/h10-18,20-22,32,34H,19H2,1-9,38H3. The number of benzene rings is 3. The Morgan fingerprint density at radius 3 is 2.03 bits per heavy atom. The van der Waals surface area contributed by atoms with Crippen molar-refractivity contribution in [3.8, 4) is 11.5 Å². The molecule has 3 aromatic rings. The Morgan fingerprint density at radius 2 is 1.50 bits per heavy atom. The summed E-state index contributed by atoms with van der Waals surface area (Å²) >= 11 is 0. The average Bonchev–Trinajstić information content (AvgIpc) is 2.88. The zero-order valence-corrected chi connectivity index (χ0v) is 26.9. The molecule has 0 spiro atoms. The molecular weight excluding hydrogens is 488 g/mol. The van der Waals surface area contributed by atoms with Gasteiger partial charge in [0.15, 0.2) is 6.79 Å². The highest BCUT2D eigenvalue weighted by Gasteiger charge is 2.44. The Labute approximate surface area is 232 Å². The fraction of sp³-hybridized carbons (Fsp3) is 0.455. The van der Waals surface area contributed by atoms with Gasteiger partial charge in [0.2, 0.25) is 10.5 Å². The lowest BCUT2D eigenvalue weighted by Gasteiger charge is -2.46. The van der Waals surface area contributed by atoms with Crippen molar-refractivity contribution in [3.63, 3.8) is 0 Å². The molecule has 5 heteroatoms. The van der Waals surface area contributed by atoms with Crippen molar-refractivity contribution in [1.82, 2.24) is 0 Å². The van der Waals surface area contributed by atoms with Gasteiger partial charge in [0.25, 0.3) is 0 Å². The summed E-state index contributed by atoms with van der Waals surface area (Å²) in [6.45, 7) is 18.3. The number of hydrogen-bond acceptors (Lipinski definition) is 4. The van der Waals surface area contributed by atoms with Crippen LogP contribution >= 0.6 is 0 Å². The summed E-state index contributed by atoms with van der Waals surface area (Å²) in [6, 6.07) is 18.3. The zero-order chi connectivity index (χ0) is 28.2. The van der Waals surface area contributed by atoms with Gasteiger partial charge in [-0.1, -0.05) is 77.9 Å². The highest BCUT2D eigenvalue weighted by molar-refractivity contribution is 6.00. The summed E-state index contributed by atoms with van der Waals surface area (Å²) in [4.78, 5) is 0. The monoisotopic (exact) mass is 534 g/mol. The van der Waals surface area contributed by atoms with Crippen molar-refractivity contribution in [2.24, 2.45) is 11.8 Å². The van der Waals surface area contributed by atoms with E-state index in [0.29, 0.717) is 22.2 Å². The van der Waals surface area contributed by atoms with Crippen LogP contribution in [-0.4, -0.2) is 29.5 Å². The minimum Gasteiger partial charge on any atom is -0.553 e. The highest BCUT2D eigenvalue weighted by Crippen LogP contribution is 2.51. The molecule has 0 radical (unpaired) electrons. The molecular formula is C33H46O4Si. The van der Waals surface area contributed by atoms with Crippen molar-refractivity contribution in [3.05, 3.63) is 93.5 Å². The summed E-state index contributed by atoms with van der Waals surface area (Å²) in [6.07, 6.45) is -0.825. The third-order valence-electron chi connectivity index (χ3n) is 8.05. The van der Waals surface area contributed by atoms with E-state index < -0.39 is 6.10 Å². The van der Waals surface area contributed by atoms with E-state index in [2.05, 4.69) is 73.6 Å². The van der Waals surface area contributed by atoms with Crippen LogP contribution in [0.2, 0.25) is 0 Å². The number of aliphatic hydroxyl groups excluding tert-OH is 1. The molecule has 0 saturated carbocycles. The second-order valence-corrected chi connectivity index (χ2v) is 11.7. The predicted octanol–water partition coefficient (Wildman–Crippen LogP) is 6.75. The molecule has 4 nitrogen and oxygen atoms in total. The van der Waals surface area contributed by atoms with Crippen molar-refractivity contribution in [2.75, 3.05) is 13.9 Å². The average molecular weight is 535 g/mol. The highest BCUT2D eigenvalue weighted by atomic mass is 28.2. The van der Waals surface area contributed by atoms with Gasteiger partial charge in [0.05, 0.1) is 0 Å². The molecule has 1 atom stereocenters. The van der Waals surface area contributed by atoms with Gasteiger partial charge in [-0.25, -0.2) is 0 Å². The van der Waals surface area contributed by atoms with Crippen LogP contribution in [-0.2, 0) is 10.2 Å². The maximum Gasteiger partial charge on any atom is 0.204 e. The van der Waals surface area contributed by atoms with Crippen molar-refractivity contribution in [1.29, 1.82) is 0 Å². The van der Waals surface area contributed by atoms with Gasteiger partial charge in [-0.05, 0) is 83.2 Å². The van der Waals surface area contributed by atoms with Crippen LogP contribution < -0.4 is 9.16 Å². The van der Waals surface area contributed by atoms with Crippen molar-refractivity contribution < 1.29 is 19.0 Å². The molecule has 3 aromatic carbocycles. The normalized spacial score (nSPS) is 13.0. The predicted molar refractivity (Wildman–Crippen MR) is 160 cm³/mol. The molecule has 0 heterocycles. The topological polar surface area (TPSA) is 47.9 Å². The molecule has 1 N–H and O–H groups in total. The fourth-order valence-corrected chi connectivity index (χ4v) is 6.97. The van der Waals surface area contributed by atoms with Crippen LogP contribution in [0.25, 0.3) is 0 Å². The Morgan fingerprint density at radius 1 is 0.868 bits per heavy atom. The Balaban J connectivity index is 2.39. The number of rotatable bonds is 11. The molecule has 0 fully saturated rings. The van der Waals surface area contributed by atoms with Gasteiger partial charge >= 0.3 is 0 Å². The SMILES string of the molecule is COCOc1ccc(C(c2c(C)cc(O[SiH3])c(C(C)C)c2C)(C(C)C)C(C)C)cc1C(O)c1ccccc1. The number of aryl methyl sites for hydroxylation is 1. The maximum atomic E-state index is 11.6. The van der Waals surface area contributed by atoms with Gasteiger partial charge in [-0.15, -0.1) is 0 Å². The van der Waals surface area contributed by atoms with Crippen molar-refractivity contribution in [2.45, 2.75) is 72.8 Å². The second-order valence-electron chi connectivity index (χ2n) is 11.3. The molecule has 3 rings (SSSR count). The van der Waals surface area contributed by atoms with E-state index in [4.69, 9.17) is 13.9 Å². The Hall–Kier alpha value is -2.60. The maximum absolute atomic E-state index is 11.6. The molecule has 1 unspecified atom stereocenters. The molecule has 0 aliphatic rings. The molecule has 0 saturated heterocycles. The Bertz CT molecular complexity index is 1210. The van der Waals surface area contributed by atoms with Crippen LogP contribution in [0.1, 0.15) is 92.5 Å². The van der Waals surface area contributed by atoms with Gasteiger partial charge < -0.3 is 19.0 Å². The molecule has 0 aromatic heterocycles. The quantitative estimate of drug-likeness (QED) is 0.218. The largest absolute Gasteiger partial charge is 0.553 e. The lowest BCUT2D eigenvalue weighted by molar-refractivity contribution is 0.0487. The third kappa shape index (κ3) is 5.42. The van der Waals surface area contributed by atoms with E-state index in [1.54, 1.807) is 7.11 Å². The van der Waals surface area contributed by atoms with Crippen LogP contribution in [0.3, 0.4) is 0 Å². The molecule has 0 aliphatic carbocycles. The van der Waals surface area contributed by atoms with Gasteiger partial charge in [-0.3, -0.25) is 0 Å². The van der Waals surface area contributed by atoms with Crippen molar-refractivity contribution >= 4 is 10.5 Å². The first-order valence-electron chi connectivity index (χ1n) is 13.7.